The first-order valence-electron chi connectivity index (χ1n) is 3.49. The van der Waals surface area contributed by atoms with Crippen LogP contribution in [0.5, 0.6) is 0 Å². The quantitative estimate of drug-likeness (QED) is 0.688. The topological polar surface area (TPSA) is 51.6 Å². The molecule has 0 N–H and O–H groups in total. The standard InChI is InChI=1S/C8H6N4.ClH/c1-3-11-7(5-9-1)8-6-10-2-4-12-8;/h1-6H;1H. The van der Waals surface area contributed by atoms with Crippen LogP contribution in [0, 0.1) is 0 Å². The van der Waals surface area contributed by atoms with Gasteiger partial charge in [-0.25, -0.2) is 0 Å². The van der Waals surface area contributed by atoms with E-state index in [2.05, 4.69) is 19.9 Å². The smallest absolute Gasteiger partial charge is 0.108 e. The molecule has 2 aromatic heterocycles. The summed E-state index contributed by atoms with van der Waals surface area (Å²) in [4.78, 5) is 16.0. The normalized spacial score (nSPS) is 8.92. The molecule has 66 valence electrons. The molecule has 0 aliphatic carbocycles. The average molecular weight is 195 g/mol. The maximum atomic E-state index is 4.08. The Bertz CT molecular complexity index is 314. The zero-order valence-electron chi connectivity index (χ0n) is 6.66. The maximum absolute atomic E-state index is 4.08. The fourth-order valence-electron chi connectivity index (χ4n) is 0.863. The van der Waals surface area contributed by atoms with E-state index < -0.39 is 0 Å². The lowest BCUT2D eigenvalue weighted by molar-refractivity contribution is 1.14. The highest BCUT2D eigenvalue weighted by Crippen LogP contribution is 2.08. The lowest BCUT2D eigenvalue weighted by Crippen LogP contribution is -1.87. The van der Waals surface area contributed by atoms with Gasteiger partial charge >= 0.3 is 0 Å². The molecule has 0 atom stereocenters. The number of rotatable bonds is 1. The van der Waals surface area contributed by atoms with Gasteiger partial charge in [-0.1, -0.05) is 0 Å². The Morgan fingerprint density at radius 2 is 1.15 bits per heavy atom. The molecule has 0 saturated carbocycles. The van der Waals surface area contributed by atoms with E-state index in [1.807, 2.05) is 0 Å². The number of hydrogen-bond donors (Lipinski definition) is 0. The molecule has 0 fully saturated rings. The van der Waals surface area contributed by atoms with Crippen molar-refractivity contribution in [1.82, 2.24) is 19.9 Å². The van der Waals surface area contributed by atoms with E-state index >= 15 is 0 Å². The third-order valence-corrected chi connectivity index (χ3v) is 1.39. The molecule has 0 radical (unpaired) electrons. The molecule has 0 amide bonds. The van der Waals surface area contributed by atoms with E-state index in [4.69, 9.17) is 0 Å². The third kappa shape index (κ3) is 2.19. The molecule has 0 aliphatic heterocycles. The van der Waals surface area contributed by atoms with Crippen molar-refractivity contribution in [2.45, 2.75) is 0 Å². The van der Waals surface area contributed by atoms with Crippen LogP contribution in [-0.2, 0) is 0 Å². The second kappa shape index (κ2) is 4.47. The van der Waals surface area contributed by atoms with Gasteiger partial charge in [0.05, 0.1) is 12.4 Å². The first-order valence-corrected chi connectivity index (χ1v) is 3.49. The Morgan fingerprint density at radius 1 is 0.692 bits per heavy atom. The molecule has 0 saturated heterocycles. The van der Waals surface area contributed by atoms with E-state index in [1.54, 1.807) is 37.2 Å². The number of halogens is 1. The van der Waals surface area contributed by atoms with Gasteiger partial charge in [0.2, 0.25) is 0 Å². The monoisotopic (exact) mass is 194 g/mol. The first kappa shape index (κ1) is 9.54. The molecule has 2 rings (SSSR count). The van der Waals surface area contributed by atoms with Crippen molar-refractivity contribution >= 4 is 12.4 Å². The molecule has 2 heterocycles. The Morgan fingerprint density at radius 3 is 1.46 bits per heavy atom. The second-order valence-corrected chi connectivity index (χ2v) is 2.18. The lowest BCUT2D eigenvalue weighted by atomic mass is 10.3. The van der Waals surface area contributed by atoms with Gasteiger partial charge in [0, 0.05) is 24.8 Å². The van der Waals surface area contributed by atoms with Crippen LogP contribution in [0.1, 0.15) is 0 Å². The molecular formula is C8H7ClN4. The van der Waals surface area contributed by atoms with Gasteiger partial charge in [-0.05, 0) is 0 Å². The summed E-state index contributed by atoms with van der Waals surface area (Å²) in [6.45, 7) is 0. The van der Waals surface area contributed by atoms with Crippen molar-refractivity contribution in [3.8, 4) is 11.4 Å². The van der Waals surface area contributed by atoms with Crippen molar-refractivity contribution < 1.29 is 0 Å². The van der Waals surface area contributed by atoms with Crippen molar-refractivity contribution in [2.75, 3.05) is 0 Å². The van der Waals surface area contributed by atoms with Crippen molar-refractivity contribution in [3.63, 3.8) is 0 Å². The first-order chi connectivity index (χ1) is 5.97. The molecule has 0 unspecified atom stereocenters. The van der Waals surface area contributed by atoms with Crippen LogP contribution in [0.2, 0.25) is 0 Å². The summed E-state index contributed by atoms with van der Waals surface area (Å²) in [7, 11) is 0. The van der Waals surface area contributed by atoms with E-state index in [-0.39, 0.29) is 12.4 Å². The van der Waals surface area contributed by atoms with Gasteiger partial charge < -0.3 is 0 Å². The minimum Gasteiger partial charge on any atom is -0.261 e. The van der Waals surface area contributed by atoms with Crippen molar-refractivity contribution in [1.29, 1.82) is 0 Å². The van der Waals surface area contributed by atoms with Gasteiger partial charge in [0.15, 0.2) is 0 Å². The van der Waals surface area contributed by atoms with Gasteiger partial charge in [0.1, 0.15) is 11.4 Å². The summed E-state index contributed by atoms with van der Waals surface area (Å²) in [5.41, 5.74) is 1.48. The molecule has 0 spiro atoms. The fourth-order valence-corrected chi connectivity index (χ4v) is 0.863. The molecule has 0 aromatic carbocycles. The number of aromatic nitrogens is 4. The minimum atomic E-state index is 0. The number of hydrogen-bond acceptors (Lipinski definition) is 4. The summed E-state index contributed by atoms with van der Waals surface area (Å²) in [6, 6.07) is 0. The van der Waals surface area contributed by atoms with Gasteiger partial charge in [-0.2, -0.15) is 0 Å². The Kier molecular flexibility index (Phi) is 3.28. The van der Waals surface area contributed by atoms with Crippen LogP contribution in [0.4, 0.5) is 0 Å². The van der Waals surface area contributed by atoms with Crippen LogP contribution >= 0.6 is 12.4 Å². The Hall–Kier alpha value is -1.55. The summed E-state index contributed by atoms with van der Waals surface area (Å²) < 4.78 is 0. The van der Waals surface area contributed by atoms with E-state index in [0.29, 0.717) is 0 Å². The summed E-state index contributed by atoms with van der Waals surface area (Å²) in [6.07, 6.45) is 9.82. The highest BCUT2D eigenvalue weighted by Gasteiger charge is 1.97. The van der Waals surface area contributed by atoms with Gasteiger partial charge in [-0.15, -0.1) is 12.4 Å². The summed E-state index contributed by atoms with van der Waals surface area (Å²) in [5.74, 6) is 0. The Labute approximate surface area is 81.5 Å². The number of nitrogens with zero attached hydrogens (tertiary/aromatic N) is 4. The highest BCUT2D eigenvalue weighted by atomic mass is 35.5. The van der Waals surface area contributed by atoms with Crippen LogP contribution in [0.3, 0.4) is 0 Å². The largest absolute Gasteiger partial charge is 0.261 e. The molecule has 0 aliphatic rings. The molecule has 13 heavy (non-hydrogen) atoms. The Balaban J connectivity index is 0.000000845. The zero-order valence-corrected chi connectivity index (χ0v) is 7.48. The molecule has 2 aromatic rings. The van der Waals surface area contributed by atoms with E-state index in [1.165, 1.54) is 0 Å². The lowest BCUT2D eigenvalue weighted by Gasteiger charge is -1.95. The molecular weight excluding hydrogens is 188 g/mol. The zero-order chi connectivity index (χ0) is 8.23. The van der Waals surface area contributed by atoms with Crippen LogP contribution in [0.15, 0.2) is 37.2 Å². The van der Waals surface area contributed by atoms with Crippen molar-refractivity contribution in [3.05, 3.63) is 37.2 Å². The van der Waals surface area contributed by atoms with E-state index in [9.17, 15) is 0 Å². The van der Waals surface area contributed by atoms with Crippen molar-refractivity contribution in [2.24, 2.45) is 0 Å². The van der Waals surface area contributed by atoms with E-state index in [0.717, 1.165) is 11.4 Å². The summed E-state index contributed by atoms with van der Waals surface area (Å²) in [5, 5.41) is 0. The van der Waals surface area contributed by atoms with Gasteiger partial charge in [-0.3, -0.25) is 19.9 Å². The predicted molar refractivity (Wildman–Crippen MR) is 50.3 cm³/mol. The highest BCUT2D eigenvalue weighted by molar-refractivity contribution is 5.85. The fraction of sp³-hybridized carbons (Fsp3) is 0. The average Bonchev–Trinajstić information content (AvgIpc) is 2.21. The third-order valence-electron chi connectivity index (χ3n) is 1.39. The van der Waals surface area contributed by atoms with Crippen LogP contribution < -0.4 is 0 Å². The summed E-state index contributed by atoms with van der Waals surface area (Å²) >= 11 is 0. The maximum Gasteiger partial charge on any atom is 0.108 e. The van der Waals surface area contributed by atoms with Gasteiger partial charge in [0.25, 0.3) is 0 Å². The minimum absolute atomic E-state index is 0. The van der Waals surface area contributed by atoms with Crippen LogP contribution in [0.25, 0.3) is 11.4 Å². The molecule has 4 nitrogen and oxygen atoms in total. The van der Waals surface area contributed by atoms with Crippen LogP contribution in [-0.4, -0.2) is 19.9 Å². The SMILES string of the molecule is Cl.c1cnc(-c2cnccn2)cn1. The molecule has 0 bridgehead atoms. The molecule has 5 heteroatoms. The second-order valence-electron chi connectivity index (χ2n) is 2.18. The predicted octanol–water partition coefficient (Wildman–Crippen LogP) is 1.36.